The van der Waals surface area contributed by atoms with E-state index in [9.17, 15) is 5.26 Å². The van der Waals surface area contributed by atoms with Gasteiger partial charge in [-0.3, -0.25) is 0 Å². The molecule has 1 aromatic heterocycles. The molecule has 3 nitrogen and oxygen atoms in total. The minimum atomic E-state index is 0.670. The second kappa shape index (κ2) is 8.73. The number of rotatable bonds is 6. The normalized spacial score (nSPS) is 12.9. The van der Waals surface area contributed by atoms with Gasteiger partial charge in [0, 0.05) is 22.8 Å². The van der Waals surface area contributed by atoms with Crippen molar-refractivity contribution in [2.45, 2.75) is 20.3 Å². The van der Waals surface area contributed by atoms with E-state index in [2.05, 4.69) is 46.7 Å². The van der Waals surface area contributed by atoms with Gasteiger partial charge >= 0.3 is 0 Å². The third-order valence-electron chi connectivity index (χ3n) is 4.51. The average Bonchev–Trinajstić information content (AvgIpc) is 3.20. The van der Waals surface area contributed by atoms with Gasteiger partial charge in [-0.2, -0.15) is 5.26 Å². The Morgan fingerprint density at radius 2 is 1.93 bits per heavy atom. The van der Waals surface area contributed by atoms with Crippen molar-refractivity contribution in [3.05, 3.63) is 95.4 Å². The molecule has 2 aromatic carbocycles. The van der Waals surface area contributed by atoms with Gasteiger partial charge < -0.3 is 10.3 Å². The summed E-state index contributed by atoms with van der Waals surface area (Å²) in [7, 11) is 0. The zero-order valence-corrected chi connectivity index (χ0v) is 15.7. The number of H-pyrrole nitrogens is 1. The Hall–Kier alpha value is -3.51. The number of fused-ring (bicyclic) bond motifs is 1. The van der Waals surface area contributed by atoms with Crippen LogP contribution in [-0.2, 0) is 0 Å². The van der Waals surface area contributed by atoms with Gasteiger partial charge in [-0.25, -0.2) is 0 Å². The number of allylic oxidation sites excluding steroid dienone is 4. The van der Waals surface area contributed by atoms with Crippen molar-refractivity contribution in [1.82, 2.24) is 4.98 Å². The molecule has 0 aliphatic heterocycles. The summed E-state index contributed by atoms with van der Waals surface area (Å²) in [5.74, 6) is 0. The zero-order valence-electron chi connectivity index (χ0n) is 15.7. The van der Waals surface area contributed by atoms with Crippen molar-refractivity contribution in [2.24, 2.45) is 0 Å². The standard InChI is InChI=1S/C24H23N3/c1-3-20(12-7-11-19-9-5-4-6-10-19)24(18(2)17-25)27-23-14-8-13-22-21(23)15-16-26-22/h3-11,13-16,26-27H,12H2,1-2H3/b11-7+,20-3-,24-18-. The number of hydrogen-bond donors (Lipinski definition) is 2. The second-order valence-electron chi connectivity index (χ2n) is 6.31. The lowest BCUT2D eigenvalue weighted by Gasteiger charge is -2.16. The van der Waals surface area contributed by atoms with Gasteiger partial charge in [0.15, 0.2) is 0 Å². The van der Waals surface area contributed by atoms with Crippen LogP contribution in [0, 0.1) is 11.3 Å². The smallest absolute Gasteiger partial charge is 0.0966 e. The first-order valence-electron chi connectivity index (χ1n) is 9.04. The Morgan fingerprint density at radius 3 is 2.67 bits per heavy atom. The molecule has 2 N–H and O–H groups in total. The maximum atomic E-state index is 9.51. The van der Waals surface area contributed by atoms with Crippen LogP contribution in [0.1, 0.15) is 25.8 Å². The average molecular weight is 353 g/mol. The fourth-order valence-electron chi connectivity index (χ4n) is 3.05. The number of benzene rings is 2. The summed E-state index contributed by atoms with van der Waals surface area (Å²) < 4.78 is 0. The SMILES string of the molecule is C/C=C(C/C=C/c1ccccc1)\C(Nc1cccc2[nH]ccc12)=C(/C)C#N. The largest absolute Gasteiger partial charge is 0.361 e. The van der Waals surface area contributed by atoms with E-state index in [1.54, 1.807) is 0 Å². The second-order valence-corrected chi connectivity index (χ2v) is 6.31. The van der Waals surface area contributed by atoms with E-state index in [1.165, 1.54) is 5.56 Å². The molecule has 0 bridgehead atoms. The summed E-state index contributed by atoms with van der Waals surface area (Å²) in [5, 5.41) is 14.1. The molecular formula is C24H23N3. The van der Waals surface area contributed by atoms with Crippen molar-refractivity contribution < 1.29 is 0 Å². The van der Waals surface area contributed by atoms with Crippen LogP contribution in [0.5, 0.6) is 0 Å². The molecule has 3 rings (SSSR count). The molecule has 0 unspecified atom stereocenters. The number of anilines is 1. The number of hydrogen-bond acceptors (Lipinski definition) is 2. The third kappa shape index (κ3) is 4.37. The van der Waals surface area contributed by atoms with Crippen molar-refractivity contribution in [3.8, 4) is 6.07 Å². The van der Waals surface area contributed by atoms with Crippen LogP contribution in [0.15, 0.2) is 89.8 Å². The highest BCUT2D eigenvalue weighted by atomic mass is 14.9. The van der Waals surface area contributed by atoms with E-state index >= 15 is 0 Å². The maximum absolute atomic E-state index is 9.51. The summed E-state index contributed by atoms with van der Waals surface area (Å²) in [4.78, 5) is 3.23. The Kier molecular flexibility index (Phi) is 5.91. The minimum absolute atomic E-state index is 0.670. The van der Waals surface area contributed by atoms with Gasteiger partial charge in [0.25, 0.3) is 0 Å². The van der Waals surface area contributed by atoms with Crippen LogP contribution in [0.3, 0.4) is 0 Å². The lowest BCUT2D eigenvalue weighted by molar-refractivity contribution is 1.18. The summed E-state index contributed by atoms with van der Waals surface area (Å²) >= 11 is 0. The number of aromatic nitrogens is 1. The van der Waals surface area contributed by atoms with Crippen LogP contribution in [0.2, 0.25) is 0 Å². The molecule has 0 saturated heterocycles. The minimum Gasteiger partial charge on any atom is -0.361 e. The van der Waals surface area contributed by atoms with Crippen molar-refractivity contribution in [2.75, 3.05) is 5.32 Å². The Labute approximate surface area is 160 Å². The van der Waals surface area contributed by atoms with E-state index in [1.807, 2.05) is 62.5 Å². The fourth-order valence-corrected chi connectivity index (χ4v) is 3.05. The predicted molar refractivity (Wildman–Crippen MR) is 114 cm³/mol. The number of nitriles is 1. The van der Waals surface area contributed by atoms with E-state index in [-0.39, 0.29) is 0 Å². The van der Waals surface area contributed by atoms with Crippen LogP contribution in [0.4, 0.5) is 5.69 Å². The molecular weight excluding hydrogens is 330 g/mol. The molecule has 134 valence electrons. The van der Waals surface area contributed by atoms with Gasteiger partial charge in [-0.05, 0) is 49.6 Å². The van der Waals surface area contributed by atoms with E-state index in [0.29, 0.717) is 5.57 Å². The van der Waals surface area contributed by atoms with Gasteiger partial charge in [0.2, 0.25) is 0 Å². The molecule has 3 aromatic rings. The summed E-state index contributed by atoms with van der Waals surface area (Å²) in [6.07, 6.45) is 8.98. The van der Waals surface area contributed by atoms with E-state index < -0.39 is 0 Å². The Morgan fingerprint density at radius 1 is 1.11 bits per heavy atom. The van der Waals surface area contributed by atoms with Gasteiger partial charge in [-0.1, -0.05) is 54.6 Å². The van der Waals surface area contributed by atoms with E-state index in [0.717, 1.165) is 34.3 Å². The highest BCUT2D eigenvalue weighted by Gasteiger charge is 2.10. The fraction of sp³-hybridized carbons (Fsp3) is 0.125. The topological polar surface area (TPSA) is 51.6 Å². The summed E-state index contributed by atoms with van der Waals surface area (Å²) in [6.45, 7) is 3.86. The summed E-state index contributed by atoms with van der Waals surface area (Å²) in [6, 6.07) is 20.6. The van der Waals surface area contributed by atoms with Crippen molar-refractivity contribution in [1.29, 1.82) is 5.26 Å². The van der Waals surface area contributed by atoms with Crippen LogP contribution in [-0.4, -0.2) is 4.98 Å². The highest BCUT2D eigenvalue weighted by molar-refractivity contribution is 5.92. The molecule has 0 aliphatic carbocycles. The quantitative estimate of drug-likeness (QED) is 0.396. The van der Waals surface area contributed by atoms with Gasteiger partial charge in [0.1, 0.15) is 0 Å². The Bertz CT molecular complexity index is 1040. The zero-order chi connectivity index (χ0) is 19.1. The number of nitrogens with zero attached hydrogens (tertiary/aromatic N) is 1. The number of nitrogens with one attached hydrogen (secondary N) is 2. The molecule has 0 spiro atoms. The van der Waals surface area contributed by atoms with E-state index in [4.69, 9.17) is 0 Å². The van der Waals surface area contributed by atoms with Crippen LogP contribution < -0.4 is 5.32 Å². The molecule has 27 heavy (non-hydrogen) atoms. The molecule has 0 amide bonds. The van der Waals surface area contributed by atoms with Gasteiger partial charge in [0.05, 0.1) is 17.3 Å². The van der Waals surface area contributed by atoms with Crippen molar-refractivity contribution in [3.63, 3.8) is 0 Å². The number of aromatic amines is 1. The lowest BCUT2D eigenvalue weighted by atomic mass is 10.0. The van der Waals surface area contributed by atoms with Crippen LogP contribution in [0.25, 0.3) is 17.0 Å². The highest BCUT2D eigenvalue weighted by Crippen LogP contribution is 2.27. The lowest BCUT2D eigenvalue weighted by Crippen LogP contribution is -2.05. The summed E-state index contributed by atoms with van der Waals surface area (Å²) in [5.41, 5.74) is 5.86. The van der Waals surface area contributed by atoms with Crippen LogP contribution >= 0.6 is 0 Å². The molecule has 0 saturated carbocycles. The molecule has 3 heteroatoms. The first-order valence-corrected chi connectivity index (χ1v) is 9.04. The molecule has 0 radical (unpaired) electrons. The first-order chi connectivity index (χ1) is 13.2. The molecule has 0 fully saturated rings. The van der Waals surface area contributed by atoms with Crippen molar-refractivity contribution >= 4 is 22.7 Å². The monoisotopic (exact) mass is 353 g/mol. The molecule has 0 atom stereocenters. The molecule has 1 heterocycles. The Balaban J connectivity index is 1.87. The predicted octanol–water partition coefficient (Wildman–Crippen LogP) is 6.43. The van der Waals surface area contributed by atoms with Gasteiger partial charge in [-0.15, -0.1) is 0 Å². The maximum Gasteiger partial charge on any atom is 0.0966 e. The first kappa shape index (κ1) is 18.3. The third-order valence-corrected chi connectivity index (χ3v) is 4.51. The molecule has 0 aliphatic rings.